The molecule has 2 saturated heterocycles. The van der Waals surface area contributed by atoms with Crippen LogP contribution in [0.25, 0.3) is 0 Å². The van der Waals surface area contributed by atoms with Crippen LogP contribution in [0.1, 0.15) is 37.8 Å². The van der Waals surface area contributed by atoms with Crippen molar-refractivity contribution < 1.29 is 4.79 Å². The fourth-order valence-corrected chi connectivity index (χ4v) is 5.56. The lowest BCUT2D eigenvalue weighted by Gasteiger charge is -2.42. The van der Waals surface area contributed by atoms with Gasteiger partial charge in [0, 0.05) is 48.5 Å². The Balaban J connectivity index is 1.39. The van der Waals surface area contributed by atoms with E-state index in [1.54, 1.807) is 6.07 Å². The predicted molar refractivity (Wildman–Crippen MR) is 139 cm³/mol. The second-order valence-electron chi connectivity index (χ2n) is 9.12. The van der Waals surface area contributed by atoms with Crippen LogP contribution in [0.4, 0.5) is 11.4 Å². The highest BCUT2D eigenvalue weighted by molar-refractivity contribution is 6.35. The number of carbonyl (C=O) groups is 1. The van der Waals surface area contributed by atoms with Gasteiger partial charge in [0.05, 0.1) is 22.3 Å². The van der Waals surface area contributed by atoms with Gasteiger partial charge in [-0.1, -0.05) is 40.9 Å². The molecule has 0 amide bonds. The Bertz CT molecular complexity index is 972. The van der Waals surface area contributed by atoms with Crippen LogP contribution in [-0.2, 0) is 4.79 Å². The highest BCUT2D eigenvalue weighted by Crippen LogP contribution is 2.33. The third-order valence-corrected chi connectivity index (χ3v) is 7.64. The van der Waals surface area contributed by atoms with Gasteiger partial charge in [0.1, 0.15) is 6.29 Å². The van der Waals surface area contributed by atoms with E-state index in [4.69, 9.17) is 34.8 Å². The minimum absolute atomic E-state index is 0.0260. The predicted octanol–water partition coefficient (Wildman–Crippen LogP) is 5.65. The number of anilines is 2. The van der Waals surface area contributed by atoms with Gasteiger partial charge in [-0.25, -0.2) is 0 Å². The standard InChI is InChI=1S/C25H31Cl3N4O/c1-18(21-6-4-19(26)14-23(21)28)30-24-15-20(5-7-22(24)27)32-12-10-31(11-13-32)16-25(17-33)8-2-3-9-29-25/h4-7,14-15,17-18,29-30H,2-3,8-13,16H2,1H3. The zero-order valence-electron chi connectivity index (χ0n) is 18.9. The maximum atomic E-state index is 11.8. The molecule has 0 saturated carbocycles. The van der Waals surface area contributed by atoms with Crippen molar-refractivity contribution >= 4 is 52.5 Å². The zero-order chi connectivity index (χ0) is 23.4. The normalized spacial score (nSPS) is 22.7. The quantitative estimate of drug-likeness (QED) is 0.472. The molecule has 0 aliphatic carbocycles. The average molecular weight is 510 g/mol. The number of carbonyl (C=O) groups excluding carboxylic acids is 1. The number of benzene rings is 2. The smallest absolute Gasteiger partial charge is 0.141 e. The van der Waals surface area contributed by atoms with Crippen molar-refractivity contribution in [2.24, 2.45) is 0 Å². The van der Waals surface area contributed by atoms with Gasteiger partial charge in [-0.05, 0) is 68.6 Å². The van der Waals surface area contributed by atoms with Crippen molar-refractivity contribution in [2.45, 2.75) is 37.8 Å². The molecule has 2 N–H and O–H groups in total. The summed E-state index contributed by atoms with van der Waals surface area (Å²) in [5, 5.41) is 8.88. The molecule has 33 heavy (non-hydrogen) atoms. The summed E-state index contributed by atoms with van der Waals surface area (Å²) >= 11 is 18.9. The Morgan fingerprint density at radius 1 is 1.06 bits per heavy atom. The van der Waals surface area contributed by atoms with Gasteiger partial charge in [-0.3, -0.25) is 4.90 Å². The van der Waals surface area contributed by atoms with Crippen LogP contribution in [-0.4, -0.2) is 56.0 Å². The number of aldehydes is 1. The topological polar surface area (TPSA) is 47.6 Å². The molecular weight excluding hydrogens is 479 g/mol. The number of hydrogen-bond donors (Lipinski definition) is 2. The van der Waals surface area contributed by atoms with E-state index in [1.807, 2.05) is 18.2 Å². The average Bonchev–Trinajstić information content (AvgIpc) is 2.81. The maximum absolute atomic E-state index is 11.8. The lowest BCUT2D eigenvalue weighted by atomic mass is 9.89. The summed E-state index contributed by atoms with van der Waals surface area (Å²) in [7, 11) is 0. The highest BCUT2D eigenvalue weighted by atomic mass is 35.5. The molecule has 4 rings (SSSR count). The van der Waals surface area contributed by atoms with E-state index < -0.39 is 0 Å². The van der Waals surface area contributed by atoms with E-state index >= 15 is 0 Å². The van der Waals surface area contributed by atoms with Gasteiger partial charge < -0.3 is 20.3 Å². The zero-order valence-corrected chi connectivity index (χ0v) is 21.2. The number of nitrogens with zero attached hydrogens (tertiary/aromatic N) is 2. The summed E-state index contributed by atoms with van der Waals surface area (Å²) in [6.45, 7) is 7.46. The largest absolute Gasteiger partial charge is 0.377 e. The molecule has 178 valence electrons. The molecule has 2 heterocycles. The van der Waals surface area contributed by atoms with Gasteiger partial charge in [0.25, 0.3) is 0 Å². The number of rotatable bonds is 7. The van der Waals surface area contributed by atoms with Crippen molar-refractivity contribution in [3.63, 3.8) is 0 Å². The number of hydrogen-bond acceptors (Lipinski definition) is 5. The van der Waals surface area contributed by atoms with E-state index in [-0.39, 0.29) is 11.6 Å². The van der Waals surface area contributed by atoms with Gasteiger partial charge in [0.2, 0.25) is 0 Å². The molecule has 0 aromatic heterocycles. The molecule has 2 fully saturated rings. The molecule has 2 atom stereocenters. The molecular formula is C25H31Cl3N4O. The van der Waals surface area contributed by atoms with Crippen molar-refractivity contribution in [1.29, 1.82) is 0 Å². The van der Waals surface area contributed by atoms with Crippen LogP contribution in [0, 0.1) is 0 Å². The Morgan fingerprint density at radius 3 is 2.52 bits per heavy atom. The van der Waals surface area contributed by atoms with E-state index in [2.05, 4.69) is 39.5 Å². The molecule has 5 nitrogen and oxygen atoms in total. The third-order valence-electron chi connectivity index (χ3n) is 6.75. The first kappa shape index (κ1) is 24.6. The summed E-state index contributed by atoms with van der Waals surface area (Å²) < 4.78 is 0. The van der Waals surface area contributed by atoms with Crippen molar-refractivity contribution in [3.8, 4) is 0 Å². The Morgan fingerprint density at radius 2 is 1.85 bits per heavy atom. The SMILES string of the molecule is CC(Nc1cc(N2CCN(CC3(C=O)CCCCN3)CC2)ccc1Cl)c1ccc(Cl)cc1Cl. The van der Waals surface area contributed by atoms with Gasteiger partial charge >= 0.3 is 0 Å². The Hall–Kier alpha value is -1.50. The molecule has 2 aromatic rings. The number of nitrogens with one attached hydrogen (secondary N) is 2. The van der Waals surface area contributed by atoms with Crippen LogP contribution >= 0.6 is 34.8 Å². The van der Waals surface area contributed by atoms with E-state index in [9.17, 15) is 4.79 Å². The first-order chi connectivity index (χ1) is 15.9. The molecule has 0 bridgehead atoms. The maximum Gasteiger partial charge on any atom is 0.141 e. The summed E-state index contributed by atoms with van der Waals surface area (Å²) in [6, 6.07) is 11.6. The summed E-state index contributed by atoms with van der Waals surface area (Å²) in [5.41, 5.74) is 2.60. The van der Waals surface area contributed by atoms with Crippen LogP contribution in [0.2, 0.25) is 15.1 Å². The lowest BCUT2D eigenvalue weighted by Crippen LogP contribution is -2.59. The van der Waals surface area contributed by atoms with Crippen LogP contribution in [0.3, 0.4) is 0 Å². The van der Waals surface area contributed by atoms with E-state index in [1.165, 1.54) is 0 Å². The second kappa shape index (κ2) is 10.8. The lowest BCUT2D eigenvalue weighted by molar-refractivity contribution is -0.115. The number of halogens is 3. The van der Waals surface area contributed by atoms with Gasteiger partial charge in [-0.15, -0.1) is 0 Å². The van der Waals surface area contributed by atoms with Crippen molar-refractivity contribution in [1.82, 2.24) is 10.2 Å². The van der Waals surface area contributed by atoms with Crippen LogP contribution in [0.15, 0.2) is 36.4 Å². The number of piperazine rings is 1. The minimum Gasteiger partial charge on any atom is -0.377 e. The summed E-state index contributed by atoms with van der Waals surface area (Å²) in [6.07, 6.45) is 4.33. The van der Waals surface area contributed by atoms with E-state index in [0.29, 0.717) is 15.1 Å². The Labute approximate surface area is 211 Å². The second-order valence-corrected chi connectivity index (χ2v) is 10.4. The fraction of sp³-hybridized carbons (Fsp3) is 0.480. The molecule has 0 radical (unpaired) electrons. The fourth-order valence-electron chi connectivity index (χ4n) is 4.81. The molecule has 2 aliphatic rings. The highest BCUT2D eigenvalue weighted by Gasteiger charge is 2.34. The molecule has 2 unspecified atom stereocenters. The molecule has 8 heteroatoms. The Kier molecular flexibility index (Phi) is 8.08. The summed E-state index contributed by atoms with van der Waals surface area (Å²) in [5.74, 6) is 0. The number of piperidine rings is 1. The monoisotopic (exact) mass is 508 g/mol. The third kappa shape index (κ3) is 5.95. The molecule has 2 aromatic carbocycles. The van der Waals surface area contributed by atoms with Gasteiger partial charge in [-0.2, -0.15) is 0 Å². The first-order valence-electron chi connectivity index (χ1n) is 11.6. The molecule has 2 aliphatic heterocycles. The first-order valence-corrected chi connectivity index (χ1v) is 12.7. The van der Waals surface area contributed by atoms with Crippen LogP contribution in [0.5, 0.6) is 0 Å². The van der Waals surface area contributed by atoms with Crippen molar-refractivity contribution in [3.05, 3.63) is 57.0 Å². The van der Waals surface area contributed by atoms with Crippen LogP contribution < -0.4 is 15.5 Å². The van der Waals surface area contributed by atoms with Crippen molar-refractivity contribution in [2.75, 3.05) is 49.5 Å². The summed E-state index contributed by atoms with van der Waals surface area (Å²) in [4.78, 5) is 16.6. The minimum atomic E-state index is -0.378. The van der Waals surface area contributed by atoms with Gasteiger partial charge in [0.15, 0.2) is 0 Å². The molecule has 0 spiro atoms. The van der Waals surface area contributed by atoms with E-state index in [0.717, 1.165) is 81.8 Å².